The molecule has 1 aliphatic carbocycles. The number of aromatic nitrogens is 2. The molecule has 4 heterocycles. The van der Waals surface area contributed by atoms with Gasteiger partial charge in [0.15, 0.2) is 0 Å². The zero-order chi connectivity index (χ0) is 19.5. The number of hydrogen-bond acceptors (Lipinski definition) is 6. The molecule has 0 aromatic carbocycles. The molecular weight excluding hydrogens is 566 g/mol. The van der Waals surface area contributed by atoms with Gasteiger partial charge in [-0.1, -0.05) is 0 Å². The summed E-state index contributed by atoms with van der Waals surface area (Å²) in [5, 5.41) is 2.32. The van der Waals surface area contributed by atoms with E-state index in [0.29, 0.717) is 29.9 Å². The Morgan fingerprint density at radius 3 is 1.59 bits per heavy atom. The molecule has 2 nitrogen and oxygen atoms in total. The summed E-state index contributed by atoms with van der Waals surface area (Å²) in [5.74, 6) is 0. The molecule has 3 aliphatic rings. The van der Waals surface area contributed by atoms with Gasteiger partial charge in [0.25, 0.3) is 0 Å². The summed E-state index contributed by atoms with van der Waals surface area (Å²) in [7, 11) is 0. The van der Waals surface area contributed by atoms with E-state index in [9.17, 15) is 0 Å². The number of rotatable bonds is 6. The quantitative estimate of drug-likeness (QED) is 0.376. The molecule has 0 amide bonds. The fraction of sp³-hybridized carbons (Fsp3) is 0.238. The van der Waals surface area contributed by atoms with Gasteiger partial charge in [-0.2, -0.15) is 0 Å². The Morgan fingerprint density at radius 2 is 1.10 bits per heavy atom. The van der Waals surface area contributed by atoms with Crippen LogP contribution in [0, 0.1) is 0 Å². The van der Waals surface area contributed by atoms with Crippen LogP contribution in [0.3, 0.4) is 0 Å². The van der Waals surface area contributed by atoms with Crippen LogP contribution in [0.15, 0.2) is 74.9 Å². The van der Waals surface area contributed by atoms with Crippen molar-refractivity contribution in [3.05, 3.63) is 86.1 Å². The molecule has 0 atom stereocenters. The van der Waals surface area contributed by atoms with Crippen molar-refractivity contribution in [2.24, 2.45) is 0 Å². The molecule has 0 fully saturated rings. The monoisotopic (exact) mass is 586 g/mol. The normalized spacial score (nSPS) is 18.9. The zero-order valence-electron chi connectivity index (χ0n) is 15.5. The molecule has 2 aromatic heterocycles. The first-order valence-corrected chi connectivity index (χ1v) is 16.7. The molecule has 8 heteroatoms. The van der Waals surface area contributed by atoms with Crippen molar-refractivity contribution in [1.29, 1.82) is 0 Å². The van der Waals surface area contributed by atoms with Gasteiger partial charge in [0.05, 0.1) is 0 Å². The maximum atomic E-state index is 4.16. The van der Waals surface area contributed by atoms with Gasteiger partial charge >= 0.3 is 203 Å². The Bertz CT molecular complexity index is 915. The van der Waals surface area contributed by atoms with Gasteiger partial charge in [-0.05, 0) is 0 Å². The van der Waals surface area contributed by atoms with Gasteiger partial charge in [0.1, 0.15) is 0 Å². The Balaban J connectivity index is 1.31. The third-order valence-electron chi connectivity index (χ3n) is 4.49. The average Bonchev–Trinajstić information content (AvgIpc) is 3.47. The minimum absolute atomic E-state index is 0.487. The van der Waals surface area contributed by atoms with Gasteiger partial charge in [-0.3, -0.25) is 0 Å². The van der Waals surface area contributed by atoms with Crippen molar-refractivity contribution in [3.63, 3.8) is 0 Å². The predicted octanol–water partition coefficient (Wildman–Crippen LogP) is 6.19. The van der Waals surface area contributed by atoms with Crippen LogP contribution in [-0.4, -0.2) is 39.9 Å². The number of thioether (sulfide) groups is 4. The second kappa shape index (κ2) is 10.1. The van der Waals surface area contributed by atoms with Crippen LogP contribution in [0.4, 0.5) is 0 Å². The summed E-state index contributed by atoms with van der Waals surface area (Å²) in [6, 6.07) is 8.64. The Morgan fingerprint density at radius 1 is 0.655 bits per heavy atom. The van der Waals surface area contributed by atoms with E-state index in [-0.39, 0.29) is 0 Å². The Labute approximate surface area is 201 Å². The molecule has 0 saturated carbocycles. The first-order chi connectivity index (χ1) is 14.3. The van der Waals surface area contributed by atoms with Crippen LogP contribution in [-0.2, 0) is 10.6 Å². The van der Waals surface area contributed by atoms with Crippen LogP contribution < -0.4 is 0 Å². The predicted molar refractivity (Wildman–Crippen MR) is 133 cm³/mol. The molecule has 0 unspecified atom stereocenters. The van der Waals surface area contributed by atoms with Crippen molar-refractivity contribution in [2.75, 3.05) is 0 Å². The number of allylic oxidation sites excluding steroid dienone is 2. The van der Waals surface area contributed by atoms with Crippen molar-refractivity contribution in [2.45, 2.75) is 29.9 Å². The topological polar surface area (TPSA) is 25.8 Å². The average molecular weight is 585 g/mol. The van der Waals surface area contributed by atoms with E-state index < -0.39 is 0 Å². The van der Waals surface area contributed by atoms with E-state index in [2.05, 4.69) is 81.3 Å². The van der Waals surface area contributed by atoms with E-state index in [0.717, 1.165) is 10.6 Å². The second-order valence-corrected chi connectivity index (χ2v) is 16.6. The molecular formula is C21H18N2S4Se2. The van der Waals surface area contributed by atoms with E-state index in [1.165, 1.54) is 30.4 Å². The number of nitrogens with zero attached hydrogens (tertiary/aromatic N) is 2. The Hall–Kier alpha value is -0.0410. The van der Waals surface area contributed by atoms with Crippen molar-refractivity contribution >= 4 is 77.0 Å². The summed E-state index contributed by atoms with van der Waals surface area (Å²) in [5.41, 5.74) is 2.82. The fourth-order valence-corrected chi connectivity index (χ4v) is 16.4. The summed E-state index contributed by atoms with van der Waals surface area (Å²) in [4.78, 5) is 11.6. The SMILES string of the molecule is c1cc(C[Se]C2=C([Se]Cc3ccncc3)SC(=C3SC4=C(CCC4)S3)S2)ccn1. The van der Waals surface area contributed by atoms with Crippen LogP contribution in [0.1, 0.15) is 30.4 Å². The fourth-order valence-electron chi connectivity index (χ4n) is 3.02. The number of pyridine rings is 2. The van der Waals surface area contributed by atoms with E-state index in [1.54, 1.807) is 25.9 Å². The summed E-state index contributed by atoms with van der Waals surface area (Å²) < 4.78 is 6.41. The zero-order valence-corrected chi connectivity index (χ0v) is 22.2. The van der Waals surface area contributed by atoms with Crippen LogP contribution >= 0.6 is 47.0 Å². The van der Waals surface area contributed by atoms with Crippen LogP contribution in [0.2, 0.25) is 0 Å². The second-order valence-electron chi connectivity index (χ2n) is 6.55. The minimum atomic E-state index is 0.487. The van der Waals surface area contributed by atoms with E-state index >= 15 is 0 Å². The van der Waals surface area contributed by atoms with Gasteiger partial charge in [-0.15, -0.1) is 0 Å². The van der Waals surface area contributed by atoms with Crippen molar-refractivity contribution in [1.82, 2.24) is 9.97 Å². The standard InChI is InChI=1S/C21H18N2S4Se2/c1-2-16-17(3-1)25-18(24-16)19-26-20(28-12-14-4-8-22-9-5-14)21(27-19)29-13-15-6-10-23-11-7-15/h4-11H,1-3,12-13H2. The van der Waals surface area contributed by atoms with Crippen molar-refractivity contribution in [3.8, 4) is 0 Å². The van der Waals surface area contributed by atoms with Crippen molar-refractivity contribution < 1.29 is 0 Å². The van der Waals surface area contributed by atoms with Crippen LogP contribution in [0.5, 0.6) is 0 Å². The molecule has 29 heavy (non-hydrogen) atoms. The molecule has 0 saturated heterocycles. The molecule has 2 aliphatic heterocycles. The maximum absolute atomic E-state index is 4.16. The summed E-state index contributed by atoms with van der Waals surface area (Å²) in [6.45, 7) is 0. The third kappa shape index (κ3) is 5.24. The summed E-state index contributed by atoms with van der Waals surface area (Å²) in [6.07, 6.45) is 11.6. The summed E-state index contributed by atoms with van der Waals surface area (Å²) >= 11 is 9.26. The molecule has 0 bridgehead atoms. The first kappa shape index (κ1) is 20.8. The van der Waals surface area contributed by atoms with Crippen LogP contribution in [0.25, 0.3) is 0 Å². The molecule has 148 valence electrons. The molecule has 0 radical (unpaired) electrons. The molecule has 5 rings (SSSR count). The third-order valence-corrected chi connectivity index (χ3v) is 17.5. The molecule has 0 spiro atoms. The van der Waals surface area contributed by atoms with E-state index in [4.69, 9.17) is 0 Å². The van der Waals surface area contributed by atoms with Gasteiger partial charge < -0.3 is 0 Å². The van der Waals surface area contributed by atoms with Gasteiger partial charge in [0.2, 0.25) is 0 Å². The molecule has 2 aromatic rings. The van der Waals surface area contributed by atoms with E-state index in [1.807, 2.05) is 24.8 Å². The van der Waals surface area contributed by atoms with Gasteiger partial charge in [-0.25, -0.2) is 0 Å². The number of hydrogen-bond donors (Lipinski definition) is 0. The Kier molecular flexibility index (Phi) is 7.22. The van der Waals surface area contributed by atoms with Gasteiger partial charge in [0, 0.05) is 0 Å². The molecule has 0 N–H and O–H groups in total. The first-order valence-electron chi connectivity index (χ1n) is 9.30.